The van der Waals surface area contributed by atoms with Crippen LogP contribution in [0.3, 0.4) is 0 Å². The van der Waals surface area contributed by atoms with Gasteiger partial charge in [0.1, 0.15) is 11.9 Å². The van der Waals surface area contributed by atoms with Gasteiger partial charge in [0.2, 0.25) is 15.9 Å². The molecule has 1 amide bonds. The first-order chi connectivity index (χ1) is 24.0. The number of benzene rings is 2. The Labute approximate surface area is 299 Å². The summed E-state index contributed by atoms with van der Waals surface area (Å²) in [5, 5.41) is 0. The van der Waals surface area contributed by atoms with Crippen LogP contribution in [0.25, 0.3) is 0 Å². The number of likely N-dealkylation sites (tertiary alicyclic amines) is 1. The summed E-state index contributed by atoms with van der Waals surface area (Å²) in [5.41, 5.74) is -0.298. The summed E-state index contributed by atoms with van der Waals surface area (Å²) in [7, 11) is -2.04. The van der Waals surface area contributed by atoms with Gasteiger partial charge in [0.25, 0.3) is 0 Å². The SMILES string of the molecule is COc1ccc(CN2C(=O)C[C@]2(Cc2ccccc2)C(=O)O[C@H]2C[C@@H]3CC[C@@]2(CS(=O)(=O)N(C2CCCCC2)C2CCCCC2)C3(C)C)cc1. The number of hydrogen-bond acceptors (Lipinski definition) is 6. The fourth-order valence-corrected chi connectivity index (χ4v) is 13.5. The van der Waals surface area contributed by atoms with Crippen molar-refractivity contribution in [1.82, 2.24) is 9.21 Å². The highest BCUT2D eigenvalue weighted by Crippen LogP contribution is 2.67. The van der Waals surface area contributed by atoms with E-state index in [0.717, 1.165) is 81.1 Å². The van der Waals surface area contributed by atoms with E-state index in [2.05, 4.69) is 13.8 Å². The van der Waals surface area contributed by atoms with Crippen LogP contribution >= 0.6 is 0 Å². The molecule has 8 nitrogen and oxygen atoms in total. The van der Waals surface area contributed by atoms with Crippen LogP contribution in [0.1, 0.15) is 115 Å². The minimum absolute atomic E-state index is 0.0224. The fourth-order valence-electron chi connectivity index (χ4n) is 10.7. The third kappa shape index (κ3) is 6.29. The van der Waals surface area contributed by atoms with Crippen molar-refractivity contribution in [3.05, 3.63) is 65.7 Å². The van der Waals surface area contributed by atoms with Gasteiger partial charge in [0.15, 0.2) is 5.54 Å². The normalized spacial score (nSPS) is 30.0. The number of rotatable bonds is 12. The van der Waals surface area contributed by atoms with Crippen molar-refractivity contribution in [1.29, 1.82) is 0 Å². The number of carbonyl (C=O) groups is 2. The van der Waals surface area contributed by atoms with Gasteiger partial charge in [-0.25, -0.2) is 13.2 Å². The summed E-state index contributed by atoms with van der Waals surface area (Å²) in [6.45, 7) is 4.70. The van der Waals surface area contributed by atoms with E-state index in [4.69, 9.17) is 9.47 Å². The number of ether oxygens (including phenoxy) is 2. The van der Waals surface area contributed by atoms with Gasteiger partial charge in [-0.3, -0.25) is 4.79 Å². The van der Waals surface area contributed by atoms with Crippen molar-refractivity contribution < 1.29 is 27.5 Å². The molecular weight excluding hydrogens is 649 g/mol. The fraction of sp³-hybridized carbons (Fsp3) is 0.659. The molecule has 1 heterocycles. The molecule has 9 heteroatoms. The Morgan fingerprint density at radius 1 is 0.860 bits per heavy atom. The molecule has 5 aliphatic rings. The topological polar surface area (TPSA) is 93.2 Å². The highest BCUT2D eigenvalue weighted by Gasteiger charge is 2.68. The van der Waals surface area contributed by atoms with Gasteiger partial charge in [0.05, 0.1) is 19.3 Å². The summed E-state index contributed by atoms with van der Waals surface area (Å²) in [6, 6.07) is 17.5. The van der Waals surface area contributed by atoms with Crippen LogP contribution in [-0.2, 0) is 37.3 Å². The molecule has 1 saturated heterocycles. The van der Waals surface area contributed by atoms with Gasteiger partial charge in [-0.15, -0.1) is 0 Å². The second kappa shape index (κ2) is 13.9. The second-order valence-corrected chi connectivity index (χ2v) is 18.5. The largest absolute Gasteiger partial charge is 0.497 e. The summed E-state index contributed by atoms with van der Waals surface area (Å²) < 4.78 is 43.9. The smallest absolute Gasteiger partial charge is 0.333 e. The number of amides is 1. The lowest BCUT2D eigenvalue weighted by molar-refractivity contribution is -0.189. The Balaban J connectivity index is 1.19. The van der Waals surface area contributed by atoms with Gasteiger partial charge in [0, 0.05) is 30.5 Å². The van der Waals surface area contributed by atoms with Crippen molar-refractivity contribution in [2.45, 2.75) is 140 Å². The van der Waals surface area contributed by atoms with Crippen LogP contribution in [-0.4, -0.2) is 66.1 Å². The molecule has 272 valence electrons. The van der Waals surface area contributed by atoms with E-state index in [1.165, 1.54) is 12.8 Å². The molecule has 0 aromatic heterocycles. The maximum absolute atomic E-state index is 15.0. The van der Waals surface area contributed by atoms with Crippen LogP contribution < -0.4 is 4.74 Å². The van der Waals surface area contributed by atoms with Crippen LogP contribution in [0.5, 0.6) is 5.75 Å². The molecule has 4 saturated carbocycles. The molecule has 5 fully saturated rings. The Morgan fingerprint density at radius 2 is 1.48 bits per heavy atom. The number of carbonyl (C=O) groups excluding carboxylic acids is 2. The van der Waals surface area contributed by atoms with Crippen molar-refractivity contribution in [3.63, 3.8) is 0 Å². The predicted octanol–water partition coefficient (Wildman–Crippen LogP) is 7.44. The molecule has 4 aliphatic carbocycles. The second-order valence-electron chi connectivity index (χ2n) is 16.6. The molecule has 2 aromatic carbocycles. The maximum Gasteiger partial charge on any atom is 0.333 e. The Kier molecular flexibility index (Phi) is 9.87. The first-order valence-electron chi connectivity index (χ1n) is 19.2. The highest BCUT2D eigenvalue weighted by atomic mass is 32.2. The van der Waals surface area contributed by atoms with Gasteiger partial charge < -0.3 is 14.4 Å². The Bertz CT molecular complexity index is 1610. The molecule has 1 aliphatic heterocycles. The quantitative estimate of drug-likeness (QED) is 0.169. The van der Waals surface area contributed by atoms with Gasteiger partial charge in [-0.2, -0.15) is 4.31 Å². The third-order valence-corrected chi connectivity index (χ3v) is 15.8. The number of β-lactam (4-membered cyclic amide) rings is 1. The van der Waals surface area contributed by atoms with Crippen molar-refractivity contribution in [3.8, 4) is 5.75 Å². The number of methoxy groups -OCH3 is 1. The maximum atomic E-state index is 15.0. The van der Waals surface area contributed by atoms with Crippen molar-refractivity contribution in [2.24, 2.45) is 16.7 Å². The van der Waals surface area contributed by atoms with E-state index in [1.54, 1.807) is 12.0 Å². The number of hydrogen-bond donors (Lipinski definition) is 0. The molecule has 0 radical (unpaired) electrons. The lowest BCUT2D eigenvalue weighted by atomic mass is 9.69. The van der Waals surface area contributed by atoms with Crippen molar-refractivity contribution >= 4 is 21.9 Å². The molecule has 0 unspecified atom stereocenters. The minimum atomic E-state index is -3.66. The number of esters is 1. The average molecular weight is 705 g/mol. The zero-order valence-electron chi connectivity index (χ0n) is 30.3. The molecule has 0 spiro atoms. The highest BCUT2D eigenvalue weighted by molar-refractivity contribution is 7.89. The summed E-state index contributed by atoms with van der Waals surface area (Å²) in [6.07, 6.45) is 12.6. The zero-order valence-corrected chi connectivity index (χ0v) is 31.1. The van der Waals surface area contributed by atoms with E-state index in [9.17, 15) is 18.0 Å². The Morgan fingerprint density at radius 3 is 2.04 bits per heavy atom. The molecule has 4 atom stereocenters. The lowest BCUT2D eigenvalue weighted by Gasteiger charge is -2.51. The van der Waals surface area contributed by atoms with E-state index < -0.39 is 33.1 Å². The van der Waals surface area contributed by atoms with Crippen molar-refractivity contribution in [2.75, 3.05) is 12.9 Å². The van der Waals surface area contributed by atoms with Crippen LogP contribution in [0.2, 0.25) is 0 Å². The standard InChI is InChI=1S/C41H56N2O6S/c1-39(2)32-23-24-40(39,29-50(46,47)43(33-15-9-5-10-16-33)34-17-11-6-12-18-34)36(25-32)49-38(45)41(26-30-13-7-4-8-14-30)27-37(44)42(41)28-31-19-21-35(48-3)22-20-31/h4,7-8,13-14,19-22,32-34,36H,5-6,9-12,15-18,23-29H2,1-3H3/t32-,36-,40-,41+/m0/s1. The van der Waals surface area contributed by atoms with E-state index >= 15 is 0 Å². The van der Waals surface area contributed by atoms with Crippen LogP contribution in [0.15, 0.2) is 54.6 Å². The summed E-state index contributed by atoms with van der Waals surface area (Å²) >= 11 is 0. The summed E-state index contributed by atoms with van der Waals surface area (Å²) in [4.78, 5) is 29.8. The van der Waals surface area contributed by atoms with Gasteiger partial charge in [-0.05, 0) is 79.5 Å². The molecule has 2 aromatic rings. The minimum Gasteiger partial charge on any atom is -0.497 e. The number of fused-ring (bicyclic) bond motifs is 2. The van der Waals surface area contributed by atoms with Gasteiger partial charge in [-0.1, -0.05) is 94.8 Å². The molecular formula is C41H56N2O6S. The van der Waals surface area contributed by atoms with E-state index in [1.807, 2.05) is 58.9 Å². The molecule has 0 N–H and O–H groups in total. The third-order valence-electron chi connectivity index (χ3n) is 13.7. The zero-order chi connectivity index (χ0) is 35.1. The first kappa shape index (κ1) is 35.5. The van der Waals surface area contributed by atoms with E-state index in [0.29, 0.717) is 12.8 Å². The molecule has 7 rings (SSSR count). The van der Waals surface area contributed by atoms with Gasteiger partial charge >= 0.3 is 5.97 Å². The number of nitrogens with zero attached hydrogens (tertiary/aromatic N) is 2. The first-order valence-corrected chi connectivity index (χ1v) is 20.8. The van der Waals surface area contributed by atoms with Crippen LogP contribution in [0.4, 0.5) is 0 Å². The number of sulfonamides is 1. The molecule has 2 bridgehead atoms. The van der Waals surface area contributed by atoms with Crippen LogP contribution in [0, 0.1) is 16.7 Å². The van der Waals surface area contributed by atoms with E-state index in [-0.39, 0.29) is 48.0 Å². The summed E-state index contributed by atoms with van der Waals surface area (Å²) in [5.74, 6) is 0.528. The predicted molar refractivity (Wildman–Crippen MR) is 194 cm³/mol. The monoisotopic (exact) mass is 704 g/mol. The molecule has 50 heavy (non-hydrogen) atoms. The lowest BCUT2D eigenvalue weighted by Crippen LogP contribution is -2.69. The Hall–Kier alpha value is -2.91. The average Bonchev–Trinajstić information content (AvgIpc) is 3.47.